The summed E-state index contributed by atoms with van der Waals surface area (Å²) in [5, 5.41) is 17.5. The zero-order chi connectivity index (χ0) is 14.1. The predicted molar refractivity (Wildman–Crippen MR) is 77.9 cm³/mol. The molecule has 0 aliphatic heterocycles. The van der Waals surface area contributed by atoms with Crippen molar-refractivity contribution in [3.63, 3.8) is 0 Å². The Morgan fingerprint density at radius 1 is 1.35 bits per heavy atom. The highest BCUT2D eigenvalue weighted by atomic mass is 16.6. The van der Waals surface area contributed by atoms with Crippen LogP contribution in [0.15, 0.2) is 12.1 Å². The van der Waals surface area contributed by atoms with Gasteiger partial charge < -0.3 is 10.6 Å². The first-order valence-electron chi connectivity index (χ1n) is 7.32. The minimum Gasteiger partial charge on any atom is -0.370 e. The molecular weight excluding hydrogens is 256 g/mol. The molecule has 0 radical (unpaired) electrons. The van der Waals surface area contributed by atoms with E-state index in [0.29, 0.717) is 30.1 Å². The summed E-state index contributed by atoms with van der Waals surface area (Å²) >= 11 is 0. The van der Waals surface area contributed by atoms with Gasteiger partial charge in [-0.1, -0.05) is 6.42 Å². The molecule has 0 spiro atoms. The molecule has 2 saturated carbocycles. The normalized spacial score (nSPS) is 27.6. The maximum absolute atomic E-state index is 11.0. The van der Waals surface area contributed by atoms with E-state index in [1.54, 1.807) is 0 Å². The average molecular weight is 276 g/mol. The SMILES string of the molecule is CCNc1cc([N+](=O)[O-])cc(NC2CC3CCC2C3)n1. The van der Waals surface area contributed by atoms with Gasteiger partial charge in [-0.25, -0.2) is 4.98 Å². The topological polar surface area (TPSA) is 80.1 Å². The molecule has 6 heteroatoms. The van der Waals surface area contributed by atoms with Gasteiger partial charge in [0.05, 0.1) is 17.1 Å². The zero-order valence-corrected chi connectivity index (χ0v) is 11.6. The van der Waals surface area contributed by atoms with Crippen molar-refractivity contribution >= 4 is 17.3 Å². The first kappa shape index (κ1) is 13.1. The summed E-state index contributed by atoms with van der Waals surface area (Å²) in [5.74, 6) is 2.73. The number of nitro groups is 1. The quantitative estimate of drug-likeness (QED) is 0.638. The van der Waals surface area contributed by atoms with E-state index in [1.165, 1.54) is 37.8 Å². The van der Waals surface area contributed by atoms with Gasteiger partial charge in [0.25, 0.3) is 5.69 Å². The Morgan fingerprint density at radius 3 is 2.75 bits per heavy atom. The number of nitrogens with zero attached hydrogens (tertiary/aromatic N) is 2. The Hall–Kier alpha value is -1.85. The highest BCUT2D eigenvalue weighted by Gasteiger charge is 2.39. The Bertz CT molecular complexity index is 520. The molecule has 3 unspecified atom stereocenters. The molecule has 2 aliphatic carbocycles. The fourth-order valence-electron chi connectivity index (χ4n) is 3.58. The molecule has 108 valence electrons. The summed E-state index contributed by atoms with van der Waals surface area (Å²) in [4.78, 5) is 15.1. The Balaban J connectivity index is 1.79. The minimum absolute atomic E-state index is 0.0848. The zero-order valence-electron chi connectivity index (χ0n) is 11.6. The highest BCUT2D eigenvalue weighted by Crippen LogP contribution is 2.45. The molecular formula is C14H20N4O2. The molecule has 1 heterocycles. The van der Waals surface area contributed by atoms with Crippen LogP contribution in [0.3, 0.4) is 0 Å². The van der Waals surface area contributed by atoms with Crippen LogP contribution in [-0.4, -0.2) is 22.5 Å². The third kappa shape index (κ3) is 2.55. The van der Waals surface area contributed by atoms with E-state index in [4.69, 9.17) is 0 Å². The van der Waals surface area contributed by atoms with Crippen molar-refractivity contribution in [3.8, 4) is 0 Å². The van der Waals surface area contributed by atoms with Gasteiger partial charge in [-0.2, -0.15) is 0 Å². The van der Waals surface area contributed by atoms with Crippen molar-refractivity contribution in [2.45, 2.75) is 38.6 Å². The fraction of sp³-hybridized carbons (Fsp3) is 0.643. The van der Waals surface area contributed by atoms with Gasteiger partial charge in [-0.3, -0.25) is 10.1 Å². The van der Waals surface area contributed by atoms with Crippen molar-refractivity contribution in [2.75, 3.05) is 17.2 Å². The third-order valence-corrected chi connectivity index (χ3v) is 4.45. The number of aromatic nitrogens is 1. The molecule has 3 rings (SSSR count). The summed E-state index contributed by atoms with van der Waals surface area (Å²) in [6, 6.07) is 3.44. The second-order valence-corrected chi connectivity index (χ2v) is 5.81. The molecule has 1 aromatic heterocycles. The molecule has 2 fully saturated rings. The standard InChI is InChI=1S/C14H20N4O2/c1-2-15-13-7-11(18(19)20)8-14(17-13)16-12-6-9-3-4-10(12)5-9/h7-10,12H,2-6H2,1H3,(H2,15,16,17). The van der Waals surface area contributed by atoms with E-state index in [0.717, 1.165) is 5.92 Å². The number of fused-ring (bicyclic) bond motifs is 2. The van der Waals surface area contributed by atoms with Crippen LogP contribution in [0.25, 0.3) is 0 Å². The number of nitrogens with one attached hydrogen (secondary N) is 2. The minimum atomic E-state index is -0.367. The first-order valence-corrected chi connectivity index (χ1v) is 7.32. The largest absolute Gasteiger partial charge is 0.370 e. The maximum atomic E-state index is 11.0. The van der Waals surface area contributed by atoms with E-state index in [1.807, 2.05) is 6.92 Å². The Kier molecular flexibility index (Phi) is 3.46. The second-order valence-electron chi connectivity index (χ2n) is 5.81. The molecule has 20 heavy (non-hydrogen) atoms. The third-order valence-electron chi connectivity index (χ3n) is 4.45. The number of hydrogen-bond donors (Lipinski definition) is 2. The van der Waals surface area contributed by atoms with Crippen molar-refractivity contribution < 1.29 is 4.92 Å². The summed E-state index contributed by atoms with van der Waals surface area (Å²) in [5.41, 5.74) is 0.0848. The van der Waals surface area contributed by atoms with Crippen molar-refractivity contribution in [1.29, 1.82) is 0 Å². The fourth-order valence-corrected chi connectivity index (χ4v) is 3.58. The van der Waals surface area contributed by atoms with Gasteiger partial charge in [0.2, 0.25) is 0 Å². The van der Waals surface area contributed by atoms with Crippen molar-refractivity contribution in [1.82, 2.24) is 4.98 Å². The Labute approximate surface area is 118 Å². The average Bonchev–Trinajstić information content (AvgIpc) is 3.01. The lowest BCUT2D eigenvalue weighted by Gasteiger charge is -2.23. The summed E-state index contributed by atoms with van der Waals surface area (Å²) in [6.07, 6.45) is 5.09. The maximum Gasteiger partial charge on any atom is 0.276 e. The summed E-state index contributed by atoms with van der Waals surface area (Å²) in [6.45, 7) is 2.64. The van der Waals surface area contributed by atoms with E-state index >= 15 is 0 Å². The van der Waals surface area contributed by atoms with Crippen LogP contribution in [-0.2, 0) is 0 Å². The molecule has 2 aliphatic rings. The molecule has 2 N–H and O–H groups in total. The van der Waals surface area contributed by atoms with E-state index in [9.17, 15) is 10.1 Å². The number of anilines is 2. The van der Waals surface area contributed by atoms with Gasteiger partial charge >= 0.3 is 0 Å². The van der Waals surface area contributed by atoms with Gasteiger partial charge in [-0.15, -0.1) is 0 Å². The lowest BCUT2D eigenvalue weighted by Crippen LogP contribution is -2.26. The van der Waals surface area contributed by atoms with Crippen LogP contribution in [0.5, 0.6) is 0 Å². The molecule has 3 atom stereocenters. The number of hydrogen-bond acceptors (Lipinski definition) is 5. The predicted octanol–water partition coefficient (Wildman–Crippen LogP) is 3.02. The molecule has 6 nitrogen and oxygen atoms in total. The van der Waals surface area contributed by atoms with Crippen LogP contribution in [0.4, 0.5) is 17.3 Å². The smallest absolute Gasteiger partial charge is 0.276 e. The van der Waals surface area contributed by atoms with Crippen LogP contribution >= 0.6 is 0 Å². The second kappa shape index (κ2) is 5.26. The summed E-state index contributed by atoms with van der Waals surface area (Å²) < 4.78 is 0. The van der Waals surface area contributed by atoms with Gasteiger partial charge in [0.1, 0.15) is 11.6 Å². The molecule has 2 bridgehead atoms. The molecule has 0 saturated heterocycles. The van der Waals surface area contributed by atoms with E-state index < -0.39 is 0 Å². The van der Waals surface area contributed by atoms with Gasteiger partial charge in [-0.05, 0) is 38.0 Å². The highest BCUT2D eigenvalue weighted by molar-refractivity contribution is 5.55. The lowest BCUT2D eigenvalue weighted by atomic mass is 9.95. The van der Waals surface area contributed by atoms with Crippen LogP contribution in [0.2, 0.25) is 0 Å². The Morgan fingerprint density at radius 2 is 2.15 bits per heavy atom. The van der Waals surface area contributed by atoms with Crippen molar-refractivity contribution in [3.05, 3.63) is 22.2 Å². The number of rotatable bonds is 5. The number of pyridine rings is 1. The molecule has 1 aromatic rings. The monoisotopic (exact) mass is 276 g/mol. The van der Waals surface area contributed by atoms with Crippen LogP contribution in [0, 0.1) is 22.0 Å². The lowest BCUT2D eigenvalue weighted by molar-refractivity contribution is -0.384. The van der Waals surface area contributed by atoms with Crippen molar-refractivity contribution in [2.24, 2.45) is 11.8 Å². The molecule has 0 aromatic carbocycles. The van der Waals surface area contributed by atoms with E-state index in [2.05, 4.69) is 15.6 Å². The first-order chi connectivity index (χ1) is 9.65. The molecule has 0 amide bonds. The van der Waals surface area contributed by atoms with Gasteiger partial charge in [0.15, 0.2) is 0 Å². The van der Waals surface area contributed by atoms with Gasteiger partial charge in [0, 0.05) is 12.6 Å². The van der Waals surface area contributed by atoms with Crippen LogP contribution in [0.1, 0.15) is 32.6 Å². The summed E-state index contributed by atoms with van der Waals surface area (Å²) in [7, 11) is 0. The van der Waals surface area contributed by atoms with E-state index in [-0.39, 0.29) is 10.6 Å². The van der Waals surface area contributed by atoms with Crippen LogP contribution < -0.4 is 10.6 Å².